The SMILES string of the molecule is C.[CH2-]CC(C)C.[Zn]. The molecule has 0 spiro atoms. The van der Waals surface area contributed by atoms with Crippen molar-refractivity contribution in [2.45, 2.75) is 27.7 Å². The molecule has 0 aliphatic rings. The van der Waals surface area contributed by atoms with Gasteiger partial charge in [-0.05, 0) is 0 Å². The molecule has 0 saturated heterocycles. The third-order valence-corrected chi connectivity index (χ3v) is 0.577. The second-order valence-corrected chi connectivity index (χ2v) is 1.68. The number of hydrogen-bond donors (Lipinski definition) is 0. The van der Waals surface area contributed by atoms with Gasteiger partial charge < -0.3 is 6.92 Å². The van der Waals surface area contributed by atoms with Gasteiger partial charge in [0.25, 0.3) is 0 Å². The molecule has 0 rings (SSSR count). The Morgan fingerprint density at radius 1 is 1.43 bits per heavy atom. The average molecular weight is 153 g/mol. The second-order valence-electron chi connectivity index (χ2n) is 1.68. The van der Waals surface area contributed by atoms with Crippen LogP contribution >= 0.6 is 0 Å². The summed E-state index contributed by atoms with van der Waals surface area (Å²) in [5, 5.41) is 0. The molecule has 0 aliphatic carbocycles. The summed E-state index contributed by atoms with van der Waals surface area (Å²) in [5.74, 6) is 0.773. The minimum Gasteiger partial charge on any atom is -0.343 e. The summed E-state index contributed by atoms with van der Waals surface area (Å²) in [4.78, 5) is 0. The maximum Gasteiger partial charge on any atom is 0 e. The molecule has 0 unspecified atom stereocenters. The summed E-state index contributed by atoms with van der Waals surface area (Å²) in [7, 11) is 0. The number of rotatable bonds is 1. The Labute approximate surface area is 60.5 Å². The van der Waals surface area contributed by atoms with E-state index in [1.54, 1.807) is 0 Å². The summed E-state index contributed by atoms with van der Waals surface area (Å²) in [6.07, 6.45) is 1.06. The molecule has 0 aromatic heterocycles. The predicted molar refractivity (Wildman–Crippen MR) is 31.5 cm³/mol. The van der Waals surface area contributed by atoms with Gasteiger partial charge in [0.1, 0.15) is 0 Å². The number of hydrogen-bond acceptors (Lipinski definition) is 0. The van der Waals surface area contributed by atoms with Gasteiger partial charge in [-0.15, -0.1) is 0 Å². The summed E-state index contributed by atoms with van der Waals surface area (Å²) in [6.45, 7) is 8.00. The summed E-state index contributed by atoms with van der Waals surface area (Å²) >= 11 is 0. The molecule has 0 aromatic carbocycles. The molecule has 0 aliphatic heterocycles. The molecule has 7 heavy (non-hydrogen) atoms. The van der Waals surface area contributed by atoms with Gasteiger partial charge in [0, 0.05) is 19.5 Å². The van der Waals surface area contributed by atoms with E-state index in [9.17, 15) is 0 Å². The van der Waals surface area contributed by atoms with Crippen LogP contribution in [-0.2, 0) is 19.5 Å². The Balaban J connectivity index is -0.0000000800. The molecule has 0 fully saturated rings. The van der Waals surface area contributed by atoms with E-state index in [1.165, 1.54) is 0 Å². The van der Waals surface area contributed by atoms with Crippen molar-refractivity contribution in [2.75, 3.05) is 0 Å². The minimum absolute atomic E-state index is 0. The maximum absolute atomic E-state index is 3.69. The van der Waals surface area contributed by atoms with E-state index in [4.69, 9.17) is 0 Å². The van der Waals surface area contributed by atoms with Gasteiger partial charge in [-0.3, -0.25) is 0 Å². The zero-order chi connectivity index (χ0) is 4.28. The Kier molecular flexibility index (Phi) is 21.9. The molecule has 0 saturated carbocycles. The maximum atomic E-state index is 3.69. The van der Waals surface area contributed by atoms with Crippen molar-refractivity contribution >= 4 is 0 Å². The fourth-order valence-electron chi connectivity index (χ4n) is 0. The van der Waals surface area contributed by atoms with E-state index in [0.717, 1.165) is 12.3 Å². The molecule has 0 nitrogen and oxygen atoms in total. The molecule has 0 atom stereocenters. The fourth-order valence-corrected chi connectivity index (χ4v) is 0. The van der Waals surface area contributed by atoms with Gasteiger partial charge >= 0.3 is 0 Å². The van der Waals surface area contributed by atoms with Crippen molar-refractivity contribution in [3.05, 3.63) is 6.92 Å². The van der Waals surface area contributed by atoms with E-state index in [2.05, 4.69) is 20.8 Å². The molecule has 42 valence electrons. The third kappa shape index (κ3) is 20.6. The average Bonchev–Trinajstić information content (AvgIpc) is 1.38. The summed E-state index contributed by atoms with van der Waals surface area (Å²) < 4.78 is 0. The van der Waals surface area contributed by atoms with Crippen molar-refractivity contribution in [3.63, 3.8) is 0 Å². The van der Waals surface area contributed by atoms with Gasteiger partial charge in [0.2, 0.25) is 0 Å². The van der Waals surface area contributed by atoms with Crippen molar-refractivity contribution in [3.8, 4) is 0 Å². The van der Waals surface area contributed by atoms with Gasteiger partial charge in [0.05, 0.1) is 0 Å². The Morgan fingerprint density at radius 2 is 1.57 bits per heavy atom. The van der Waals surface area contributed by atoms with Crippen LogP contribution in [0.1, 0.15) is 27.7 Å². The van der Waals surface area contributed by atoms with Crippen LogP contribution < -0.4 is 0 Å². The minimum atomic E-state index is 0. The second kappa shape index (κ2) is 9.80. The van der Waals surface area contributed by atoms with Crippen LogP contribution in [0.3, 0.4) is 0 Å². The molecule has 0 bridgehead atoms. The molecule has 0 heterocycles. The van der Waals surface area contributed by atoms with Crippen molar-refractivity contribution in [1.29, 1.82) is 0 Å². The molecule has 0 amide bonds. The normalized spacial score (nSPS) is 6.86. The molecule has 0 aromatic rings. The van der Waals surface area contributed by atoms with E-state index in [-0.39, 0.29) is 26.9 Å². The first-order chi connectivity index (χ1) is 2.27. The Hall–Kier alpha value is 0.623. The topological polar surface area (TPSA) is 0 Å². The van der Waals surface area contributed by atoms with Crippen molar-refractivity contribution < 1.29 is 19.5 Å². The zero-order valence-corrected chi connectivity index (χ0v) is 7.67. The molecule has 1 heteroatoms. The van der Waals surface area contributed by atoms with E-state index < -0.39 is 0 Å². The molecule has 0 radical (unpaired) electrons. The van der Waals surface area contributed by atoms with Gasteiger partial charge in [0.15, 0.2) is 0 Å². The van der Waals surface area contributed by atoms with Crippen LogP contribution in [0.15, 0.2) is 0 Å². The van der Waals surface area contributed by atoms with E-state index in [1.807, 2.05) is 0 Å². The van der Waals surface area contributed by atoms with Crippen LogP contribution in [0.2, 0.25) is 0 Å². The van der Waals surface area contributed by atoms with Crippen molar-refractivity contribution in [1.82, 2.24) is 0 Å². The quantitative estimate of drug-likeness (QED) is 0.400. The van der Waals surface area contributed by atoms with Crippen LogP contribution in [0.4, 0.5) is 0 Å². The standard InChI is InChI=1S/C5H11.CH4.Zn/c1-4-5(2)3;;/h5H,1,4H2,2-3H3;1H4;/q-1;;. The Bertz CT molecular complexity index is 18.1. The Morgan fingerprint density at radius 3 is 1.57 bits per heavy atom. The fraction of sp³-hybridized carbons (Fsp3) is 0.833. The smallest absolute Gasteiger partial charge is 0 e. The van der Waals surface area contributed by atoms with Crippen molar-refractivity contribution in [2.24, 2.45) is 5.92 Å². The first kappa shape index (κ1) is 15.6. The third-order valence-electron chi connectivity index (χ3n) is 0.577. The molecular weight excluding hydrogens is 137 g/mol. The molecular formula is C6H15Zn-. The van der Waals surface area contributed by atoms with Crippen LogP contribution in [-0.4, -0.2) is 0 Å². The van der Waals surface area contributed by atoms with Gasteiger partial charge in [-0.1, -0.05) is 27.2 Å². The zero-order valence-electron chi connectivity index (χ0n) is 4.70. The largest absolute Gasteiger partial charge is 0.343 e. The van der Waals surface area contributed by atoms with Gasteiger partial charge in [-0.2, -0.15) is 6.42 Å². The monoisotopic (exact) mass is 151 g/mol. The van der Waals surface area contributed by atoms with Crippen LogP contribution in [0.25, 0.3) is 0 Å². The summed E-state index contributed by atoms with van der Waals surface area (Å²) in [6, 6.07) is 0. The molecule has 0 N–H and O–H groups in total. The first-order valence-corrected chi connectivity index (χ1v) is 2.06. The first-order valence-electron chi connectivity index (χ1n) is 2.06. The van der Waals surface area contributed by atoms with E-state index >= 15 is 0 Å². The predicted octanol–water partition coefficient (Wildman–Crippen LogP) is 2.50. The summed E-state index contributed by atoms with van der Waals surface area (Å²) in [5.41, 5.74) is 0. The van der Waals surface area contributed by atoms with E-state index in [0.29, 0.717) is 0 Å². The van der Waals surface area contributed by atoms with Crippen LogP contribution in [0, 0.1) is 12.8 Å². The van der Waals surface area contributed by atoms with Crippen LogP contribution in [0.5, 0.6) is 0 Å². The van der Waals surface area contributed by atoms with Gasteiger partial charge in [-0.25, -0.2) is 0 Å².